The second-order valence-corrected chi connectivity index (χ2v) is 7.75. The SMILES string of the molecule is CC(C)(C)OC(=O)N(COS(C)(=O)=O)Cc1cccc(CO)c1. The third-order valence-electron chi connectivity index (χ3n) is 2.62. The molecule has 0 aliphatic heterocycles. The Balaban J connectivity index is 2.91. The Bertz CT molecular complexity index is 636. The van der Waals surface area contributed by atoms with Crippen LogP contribution in [0.3, 0.4) is 0 Å². The number of carbonyl (C=O) groups is 1. The summed E-state index contributed by atoms with van der Waals surface area (Å²) in [6.45, 7) is 4.67. The molecule has 1 aromatic carbocycles. The van der Waals surface area contributed by atoms with Crippen LogP contribution in [-0.4, -0.2) is 43.1 Å². The van der Waals surface area contributed by atoms with Gasteiger partial charge in [-0.2, -0.15) is 8.42 Å². The summed E-state index contributed by atoms with van der Waals surface area (Å²) in [4.78, 5) is 13.4. The quantitative estimate of drug-likeness (QED) is 0.625. The van der Waals surface area contributed by atoms with E-state index in [1.165, 1.54) is 0 Å². The van der Waals surface area contributed by atoms with Crippen molar-refractivity contribution in [3.63, 3.8) is 0 Å². The lowest BCUT2D eigenvalue weighted by atomic mass is 10.1. The van der Waals surface area contributed by atoms with Crippen LogP contribution in [0.5, 0.6) is 0 Å². The Morgan fingerprint density at radius 3 is 2.39 bits per heavy atom. The molecule has 0 saturated heterocycles. The minimum absolute atomic E-state index is 0.0955. The number of benzene rings is 1. The monoisotopic (exact) mass is 345 g/mol. The Morgan fingerprint density at radius 2 is 1.87 bits per heavy atom. The third kappa shape index (κ3) is 7.96. The Kier molecular flexibility index (Phi) is 6.55. The summed E-state index contributed by atoms with van der Waals surface area (Å²) in [5.74, 6) is 0. The highest BCUT2D eigenvalue weighted by atomic mass is 32.2. The van der Waals surface area contributed by atoms with E-state index in [0.717, 1.165) is 16.7 Å². The van der Waals surface area contributed by atoms with E-state index >= 15 is 0 Å². The molecule has 0 bridgehead atoms. The zero-order valence-corrected chi connectivity index (χ0v) is 14.6. The molecule has 0 heterocycles. The predicted octanol–water partition coefficient (Wildman–Crippen LogP) is 1.85. The second kappa shape index (κ2) is 7.76. The van der Waals surface area contributed by atoms with E-state index in [9.17, 15) is 13.2 Å². The average molecular weight is 345 g/mol. The van der Waals surface area contributed by atoms with Crippen LogP contribution in [0.1, 0.15) is 31.9 Å². The van der Waals surface area contributed by atoms with Crippen molar-refractivity contribution in [2.75, 3.05) is 13.0 Å². The lowest BCUT2D eigenvalue weighted by Crippen LogP contribution is -2.38. The summed E-state index contributed by atoms with van der Waals surface area (Å²) in [6.07, 6.45) is 0.225. The summed E-state index contributed by atoms with van der Waals surface area (Å²) in [6, 6.07) is 6.97. The topological polar surface area (TPSA) is 93.1 Å². The number of nitrogens with zero attached hydrogens (tertiary/aromatic N) is 1. The largest absolute Gasteiger partial charge is 0.444 e. The van der Waals surface area contributed by atoms with Crippen LogP contribution in [0.25, 0.3) is 0 Å². The molecular formula is C15H23NO6S. The average Bonchev–Trinajstić information content (AvgIpc) is 2.40. The van der Waals surface area contributed by atoms with Gasteiger partial charge in [-0.25, -0.2) is 8.98 Å². The maximum Gasteiger partial charge on any atom is 0.412 e. The van der Waals surface area contributed by atoms with Crippen molar-refractivity contribution in [3.05, 3.63) is 35.4 Å². The van der Waals surface area contributed by atoms with Crippen molar-refractivity contribution in [1.82, 2.24) is 4.90 Å². The molecular weight excluding hydrogens is 322 g/mol. The molecule has 8 heteroatoms. The van der Waals surface area contributed by atoms with Gasteiger partial charge in [-0.15, -0.1) is 0 Å². The van der Waals surface area contributed by atoms with E-state index in [-0.39, 0.29) is 13.2 Å². The van der Waals surface area contributed by atoms with Crippen molar-refractivity contribution >= 4 is 16.2 Å². The summed E-state index contributed by atoms with van der Waals surface area (Å²) in [5.41, 5.74) is 0.697. The molecule has 1 N–H and O–H groups in total. The predicted molar refractivity (Wildman–Crippen MR) is 84.9 cm³/mol. The molecule has 130 valence electrons. The smallest absolute Gasteiger partial charge is 0.412 e. The molecule has 0 saturated carbocycles. The van der Waals surface area contributed by atoms with Gasteiger partial charge in [-0.3, -0.25) is 4.90 Å². The molecule has 1 rings (SSSR count). The molecule has 0 spiro atoms. The number of aliphatic hydroxyl groups is 1. The molecule has 7 nitrogen and oxygen atoms in total. The van der Waals surface area contributed by atoms with Crippen LogP contribution in [-0.2, 0) is 32.2 Å². The summed E-state index contributed by atoms with van der Waals surface area (Å²) in [7, 11) is -3.69. The van der Waals surface area contributed by atoms with Gasteiger partial charge in [0.15, 0.2) is 0 Å². The molecule has 0 atom stereocenters. The van der Waals surface area contributed by atoms with E-state index in [1.807, 2.05) is 0 Å². The van der Waals surface area contributed by atoms with E-state index in [0.29, 0.717) is 5.56 Å². The maximum atomic E-state index is 12.2. The number of rotatable bonds is 6. The second-order valence-electron chi connectivity index (χ2n) is 6.11. The van der Waals surface area contributed by atoms with E-state index in [1.54, 1.807) is 45.0 Å². The van der Waals surface area contributed by atoms with Gasteiger partial charge in [0.2, 0.25) is 0 Å². The first-order chi connectivity index (χ1) is 10.5. The zero-order chi connectivity index (χ0) is 17.7. The number of hydrogen-bond donors (Lipinski definition) is 1. The first-order valence-electron chi connectivity index (χ1n) is 7.01. The minimum atomic E-state index is -3.69. The molecule has 1 aromatic rings. The molecule has 0 aromatic heterocycles. The van der Waals surface area contributed by atoms with E-state index in [4.69, 9.17) is 14.0 Å². The van der Waals surface area contributed by atoms with Crippen LogP contribution in [0, 0.1) is 0 Å². The minimum Gasteiger partial charge on any atom is -0.444 e. The molecule has 0 fully saturated rings. The molecule has 0 aliphatic carbocycles. The maximum absolute atomic E-state index is 12.2. The molecule has 0 radical (unpaired) electrons. The normalized spacial score (nSPS) is 12.0. The van der Waals surface area contributed by atoms with Gasteiger partial charge >= 0.3 is 6.09 Å². The summed E-state index contributed by atoms with van der Waals surface area (Å²) < 4.78 is 32.3. The fraction of sp³-hybridized carbons (Fsp3) is 0.533. The van der Waals surface area contributed by atoms with Gasteiger partial charge in [0.25, 0.3) is 10.1 Å². The van der Waals surface area contributed by atoms with Crippen LogP contribution in [0.2, 0.25) is 0 Å². The number of carbonyl (C=O) groups excluding carboxylic acids is 1. The Labute approximate surface area is 136 Å². The highest BCUT2D eigenvalue weighted by Crippen LogP contribution is 2.14. The van der Waals surface area contributed by atoms with Gasteiger partial charge in [0, 0.05) is 0 Å². The first-order valence-corrected chi connectivity index (χ1v) is 8.83. The van der Waals surface area contributed by atoms with Gasteiger partial charge in [0.05, 0.1) is 19.4 Å². The first kappa shape index (κ1) is 19.4. The fourth-order valence-corrected chi connectivity index (χ4v) is 2.01. The summed E-state index contributed by atoms with van der Waals surface area (Å²) in [5, 5.41) is 9.16. The Morgan fingerprint density at radius 1 is 1.26 bits per heavy atom. The van der Waals surface area contributed by atoms with Gasteiger partial charge in [0.1, 0.15) is 12.3 Å². The molecule has 1 amide bonds. The Hall–Kier alpha value is -1.64. The number of amides is 1. The lowest BCUT2D eigenvalue weighted by Gasteiger charge is -2.27. The van der Waals surface area contributed by atoms with Gasteiger partial charge in [-0.1, -0.05) is 24.3 Å². The fourth-order valence-electron chi connectivity index (χ4n) is 1.70. The van der Waals surface area contributed by atoms with Gasteiger partial charge in [-0.05, 0) is 31.9 Å². The molecule has 0 unspecified atom stereocenters. The lowest BCUT2D eigenvalue weighted by molar-refractivity contribution is 0.00872. The van der Waals surface area contributed by atoms with E-state index in [2.05, 4.69) is 0 Å². The van der Waals surface area contributed by atoms with Crippen molar-refractivity contribution in [1.29, 1.82) is 0 Å². The number of ether oxygens (including phenoxy) is 1. The number of hydrogen-bond acceptors (Lipinski definition) is 6. The highest BCUT2D eigenvalue weighted by molar-refractivity contribution is 7.85. The van der Waals surface area contributed by atoms with Crippen LogP contribution in [0.15, 0.2) is 24.3 Å². The van der Waals surface area contributed by atoms with Crippen molar-refractivity contribution in [2.24, 2.45) is 0 Å². The van der Waals surface area contributed by atoms with Crippen LogP contribution >= 0.6 is 0 Å². The van der Waals surface area contributed by atoms with Crippen molar-refractivity contribution < 1.29 is 27.2 Å². The van der Waals surface area contributed by atoms with Crippen molar-refractivity contribution in [2.45, 2.75) is 39.5 Å². The summed E-state index contributed by atoms with van der Waals surface area (Å²) >= 11 is 0. The third-order valence-corrected chi connectivity index (χ3v) is 3.16. The number of aliphatic hydroxyl groups excluding tert-OH is 1. The standard InChI is InChI=1S/C15H23NO6S/c1-15(2,3)22-14(18)16(11-21-23(4,19)20)9-12-6-5-7-13(8-12)10-17/h5-8,17H,9-11H2,1-4H3. The van der Waals surface area contributed by atoms with E-state index < -0.39 is 28.5 Å². The van der Waals surface area contributed by atoms with Crippen molar-refractivity contribution in [3.8, 4) is 0 Å². The zero-order valence-electron chi connectivity index (χ0n) is 13.8. The van der Waals surface area contributed by atoms with Crippen LogP contribution < -0.4 is 0 Å². The molecule has 0 aliphatic rings. The molecule has 23 heavy (non-hydrogen) atoms. The van der Waals surface area contributed by atoms with Crippen LogP contribution in [0.4, 0.5) is 4.79 Å². The van der Waals surface area contributed by atoms with Gasteiger partial charge < -0.3 is 9.84 Å². The highest BCUT2D eigenvalue weighted by Gasteiger charge is 2.23.